The monoisotopic (exact) mass is 395 g/mol. The molecule has 1 saturated carbocycles. The van der Waals surface area contributed by atoms with Crippen molar-refractivity contribution in [3.63, 3.8) is 0 Å². The molecule has 0 saturated heterocycles. The van der Waals surface area contributed by atoms with E-state index in [0.29, 0.717) is 10.8 Å². The summed E-state index contributed by atoms with van der Waals surface area (Å²) in [5.41, 5.74) is 4.54. The normalized spacial score (nSPS) is 17.1. The lowest BCUT2D eigenvalue weighted by Gasteiger charge is -2.30. The number of aromatic nitrogens is 2. The van der Waals surface area contributed by atoms with Crippen LogP contribution in [0.4, 0.5) is 5.82 Å². The van der Waals surface area contributed by atoms with Gasteiger partial charge in [-0.1, -0.05) is 24.3 Å². The van der Waals surface area contributed by atoms with Gasteiger partial charge in [0.15, 0.2) is 15.7 Å². The molecule has 146 valence electrons. The van der Waals surface area contributed by atoms with Crippen LogP contribution in [0, 0.1) is 12.8 Å². The number of hydrogen-bond acceptors (Lipinski definition) is 4. The molecule has 1 aliphatic heterocycles. The Labute approximate surface area is 165 Å². The molecule has 6 heteroatoms. The van der Waals surface area contributed by atoms with Crippen molar-refractivity contribution in [3.8, 4) is 0 Å². The number of fused-ring (bicyclic) bond motifs is 2. The second-order valence-electron chi connectivity index (χ2n) is 8.21. The van der Waals surface area contributed by atoms with Crippen molar-refractivity contribution in [2.75, 3.05) is 17.7 Å². The first-order valence-electron chi connectivity index (χ1n) is 9.93. The topological polar surface area (TPSA) is 55.2 Å². The number of anilines is 1. The molecule has 5 rings (SSSR count). The number of sulfone groups is 1. The largest absolute Gasteiger partial charge is 0.350 e. The summed E-state index contributed by atoms with van der Waals surface area (Å²) >= 11 is 0. The van der Waals surface area contributed by atoms with Gasteiger partial charge in [-0.05, 0) is 49.3 Å². The van der Waals surface area contributed by atoms with E-state index < -0.39 is 9.84 Å². The minimum atomic E-state index is -3.32. The standard InChI is InChI=1S/C22H25N3O2S/c1-15-21(28(2,26)27)19-9-11-23-22(20(19)25(15)13-16-7-8-16)24-12-10-17-5-3-4-6-18(17)14-24/h3-6,9,11,16H,7-8,10,12-14H2,1-2H3. The van der Waals surface area contributed by atoms with Gasteiger partial charge in [0.25, 0.3) is 0 Å². The Hall–Kier alpha value is -2.34. The first-order chi connectivity index (χ1) is 13.4. The Balaban J connectivity index is 1.70. The Morgan fingerprint density at radius 2 is 1.89 bits per heavy atom. The van der Waals surface area contributed by atoms with E-state index in [1.165, 1.54) is 30.2 Å². The number of pyridine rings is 1. The zero-order chi connectivity index (χ0) is 19.5. The maximum absolute atomic E-state index is 12.6. The summed E-state index contributed by atoms with van der Waals surface area (Å²) in [6.45, 7) is 4.52. The Bertz CT molecular complexity index is 1180. The minimum Gasteiger partial charge on any atom is -0.350 e. The van der Waals surface area contributed by atoms with Gasteiger partial charge in [-0.25, -0.2) is 13.4 Å². The fourth-order valence-electron chi connectivity index (χ4n) is 4.54. The summed E-state index contributed by atoms with van der Waals surface area (Å²) in [7, 11) is -3.32. The van der Waals surface area contributed by atoms with E-state index in [1.54, 1.807) is 6.20 Å². The Morgan fingerprint density at radius 3 is 2.61 bits per heavy atom. The minimum absolute atomic E-state index is 0.462. The zero-order valence-electron chi connectivity index (χ0n) is 16.4. The van der Waals surface area contributed by atoms with E-state index in [4.69, 9.17) is 4.98 Å². The van der Waals surface area contributed by atoms with Crippen LogP contribution in [0.2, 0.25) is 0 Å². The van der Waals surface area contributed by atoms with Gasteiger partial charge in [0, 0.05) is 43.2 Å². The lowest BCUT2D eigenvalue weighted by Crippen LogP contribution is -2.31. The third-order valence-corrected chi connectivity index (χ3v) is 7.35. The van der Waals surface area contributed by atoms with Crippen LogP contribution in [-0.2, 0) is 29.3 Å². The molecular weight excluding hydrogens is 370 g/mol. The van der Waals surface area contributed by atoms with E-state index in [-0.39, 0.29) is 0 Å². The van der Waals surface area contributed by atoms with Gasteiger partial charge >= 0.3 is 0 Å². The molecule has 1 aliphatic carbocycles. The Morgan fingerprint density at radius 1 is 1.14 bits per heavy atom. The van der Waals surface area contributed by atoms with Crippen LogP contribution in [0.5, 0.6) is 0 Å². The molecular formula is C22H25N3O2S. The number of nitrogens with zero attached hydrogens (tertiary/aromatic N) is 3. The van der Waals surface area contributed by atoms with Gasteiger partial charge in [0.2, 0.25) is 0 Å². The highest BCUT2D eigenvalue weighted by Crippen LogP contribution is 2.39. The molecule has 0 unspecified atom stereocenters. The number of rotatable bonds is 4. The second kappa shape index (κ2) is 6.34. The third-order valence-electron chi connectivity index (χ3n) is 6.09. The van der Waals surface area contributed by atoms with E-state index in [9.17, 15) is 8.42 Å². The molecule has 2 aliphatic rings. The van der Waals surface area contributed by atoms with Gasteiger partial charge in [0.05, 0.1) is 10.4 Å². The summed E-state index contributed by atoms with van der Waals surface area (Å²) < 4.78 is 27.4. The first kappa shape index (κ1) is 17.7. The predicted octanol–water partition coefficient (Wildman–Crippen LogP) is 3.72. The van der Waals surface area contributed by atoms with Gasteiger partial charge in [-0.3, -0.25) is 0 Å². The van der Waals surface area contributed by atoms with Crippen molar-refractivity contribution < 1.29 is 8.42 Å². The van der Waals surface area contributed by atoms with Crippen LogP contribution in [-0.4, -0.2) is 30.8 Å². The smallest absolute Gasteiger partial charge is 0.177 e. The highest BCUT2D eigenvalue weighted by Gasteiger charge is 2.30. The molecule has 0 amide bonds. The fraction of sp³-hybridized carbons (Fsp3) is 0.409. The average molecular weight is 396 g/mol. The molecule has 5 nitrogen and oxygen atoms in total. The third kappa shape index (κ3) is 2.91. The van der Waals surface area contributed by atoms with Crippen LogP contribution in [0.1, 0.15) is 29.7 Å². The van der Waals surface area contributed by atoms with Crippen molar-refractivity contribution in [3.05, 3.63) is 53.3 Å². The van der Waals surface area contributed by atoms with E-state index in [2.05, 4.69) is 33.7 Å². The fourth-order valence-corrected chi connectivity index (χ4v) is 5.75. The van der Waals surface area contributed by atoms with E-state index in [1.807, 2.05) is 13.0 Å². The van der Waals surface area contributed by atoms with Crippen molar-refractivity contribution in [2.24, 2.45) is 5.92 Å². The van der Waals surface area contributed by atoms with Gasteiger partial charge in [-0.2, -0.15) is 0 Å². The average Bonchev–Trinajstić information content (AvgIpc) is 3.44. The maximum Gasteiger partial charge on any atom is 0.177 e. The van der Waals surface area contributed by atoms with Gasteiger partial charge in [-0.15, -0.1) is 0 Å². The molecule has 1 fully saturated rings. The summed E-state index contributed by atoms with van der Waals surface area (Å²) in [6, 6.07) is 10.4. The van der Waals surface area contributed by atoms with E-state index in [0.717, 1.165) is 48.5 Å². The zero-order valence-corrected chi connectivity index (χ0v) is 17.2. The van der Waals surface area contributed by atoms with Gasteiger partial charge < -0.3 is 9.47 Å². The van der Waals surface area contributed by atoms with Crippen molar-refractivity contribution in [2.45, 2.75) is 44.2 Å². The van der Waals surface area contributed by atoms with Crippen LogP contribution >= 0.6 is 0 Å². The van der Waals surface area contributed by atoms with Crippen LogP contribution in [0.15, 0.2) is 41.4 Å². The predicted molar refractivity (Wildman–Crippen MR) is 111 cm³/mol. The molecule has 0 atom stereocenters. The first-order valence-corrected chi connectivity index (χ1v) is 11.8. The van der Waals surface area contributed by atoms with Gasteiger partial charge in [0.1, 0.15) is 0 Å². The van der Waals surface area contributed by atoms with Crippen molar-refractivity contribution >= 4 is 26.6 Å². The van der Waals surface area contributed by atoms with Crippen LogP contribution in [0.25, 0.3) is 10.9 Å². The molecule has 3 heterocycles. The quantitative estimate of drug-likeness (QED) is 0.676. The number of benzene rings is 1. The highest BCUT2D eigenvalue weighted by molar-refractivity contribution is 7.91. The lowest BCUT2D eigenvalue weighted by molar-refractivity contribution is 0.596. The molecule has 0 bridgehead atoms. The summed E-state index contributed by atoms with van der Waals surface area (Å²) in [5, 5.41) is 0.810. The van der Waals surface area contributed by atoms with Crippen LogP contribution in [0.3, 0.4) is 0 Å². The summed E-state index contributed by atoms with van der Waals surface area (Å²) in [6.07, 6.45) is 6.50. The lowest BCUT2D eigenvalue weighted by atomic mass is 10.00. The second-order valence-corrected chi connectivity index (χ2v) is 10.2. The van der Waals surface area contributed by atoms with Crippen LogP contribution < -0.4 is 4.90 Å². The number of hydrogen-bond donors (Lipinski definition) is 0. The molecule has 0 spiro atoms. The molecule has 3 aromatic rings. The Kier molecular flexibility index (Phi) is 4.02. The SMILES string of the molecule is Cc1c(S(C)(=O)=O)c2ccnc(N3CCc4ccccc4C3)c2n1CC1CC1. The summed E-state index contributed by atoms with van der Waals surface area (Å²) in [4.78, 5) is 7.51. The maximum atomic E-state index is 12.6. The molecule has 2 aromatic heterocycles. The van der Waals surface area contributed by atoms with Crippen molar-refractivity contribution in [1.82, 2.24) is 9.55 Å². The molecule has 0 N–H and O–H groups in total. The summed E-state index contributed by atoms with van der Waals surface area (Å²) in [5.74, 6) is 1.56. The molecule has 1 aromatic carbocycles. The molecule has 0 radical (unpaired) electrons. The van der Waals surface area contributed by atoms with Crippen molar-refractivity contribution in [1.29, 1.82) is 0 Å². The van der Waals surface area contributed by atoms with E-state index >= 15 is 0 Å². The molecule has 28 heavy (non-hydrogen) atoms. The highest BCUT2D eigenvalue weighted by atomic mass is 32.2.